The summed E-state index contributed by atoms with van der Waals surface area (Å²) < 4.78 is 2.15. The van der Waals surface area contributed by atoms with E-state index in [1.807, 2.05) is 12.4 Å². The van der Waals surface area contributed by atoms with Crippen molar-refractivity contribution in [3.05, 3.63) is 18.2 Å². The monoisotopic (exact) mass is 140 g/mol. The highest BCUT2D eigenvalue weighted by Gasteiger charge is 2.18. The highest BCUT2D eigenvalue weighted by atomic mass is 32.1. The lowest BCUT2D eigenvalue weighted by molar-refractivity contribution is 0.747. The van der Waals surface area contributed by atoms with Crippen LogP contribution in [0, 0.1) is 0 Å². The molecule has 0 aromatic carbocycles. The third-order valence-corrected chi connectivity index (χ3v) is 2.18. The van der Waals surface area contributed by atoms with Crippen molar-refractivity contribution in [2.75, 3.05) is 0 Å². The Balaban J connectivity index is 2.49. The van der Waals surface area contributed by atoms with E-state index >= 15 is 0 Å². The van der Waals surface area contributed by atoms with E-state index in [0.29, 0.717) is 5.25 Å². The van der Waals surface area contributed by atoms with Gasteiger partial charge in [-0.2, -0.15) is 12.6 Å². The van der Waals surface area contributed by atoms with Gasteiger partial charge in [-0.25, -0.2) is 4.98 Å². The number of hydrogen-bond acceptors (Lipinski definition) is 2. The van der Waals surface area contributed by atoms with Crippen molar-refractivity contribution < 1.29 is 0 Å². The highest BCUT2D eigenvalue weighted by Crippen LogP contribution is 2.28. The van der Waals surface area contributed by atoms with Crippen LogP contribution in [0.4, 0.5) is 0 Å². The van der Waals surface area contributed by atoms with E-state index in [9.17, 15) is 0 Å². The third kappa shape index (κ3) is 0.678. The first-order chi connectivity index (χ1) is 4.38. The predicted octanol–water partition coefficient (Wildman–Crippen LogP) is 1.26. The Morgan fingerprint density at radius 1 is 1.78 bits per heavy atom. The molecule has 0 amide bonds. The van der Waals surface area contributed by atoms with Crippen LogP contribution in [0.15, 0.2) is 12.4 Å². The van der Waals surface area contributed by atoms with Crippen LogP contribution in [-0.4, -0.2) is 9.55 Å². The minimum atomic E-state index is 0.375. The first-order valence-corrected chi connectivity index (χ1v) is 3.58. The van der Waals surface area contributed by atoms with Crippen LogP contribution in [-0.2, 0) is 6.54 Å². The summed E-state index contributed by atoms with van der Waals surface area (Å²) >= 11 is 4.35. The first kappa shape index (κ1) is 5.35. The number of hydrogen-bond donors (Lipinski definition) is 1. The number of imidazole rings is 1. The van der Waals surface area contributed by atoms with Crippen LogP contribution in [0.25, 0.3) is 0 Å². The van der Waals surface area contributed by atoms with Crippen molar-refractivity contribution in [3.8, 4) is 0 Å². The zero-order valence-corrected chi connectivity index (χ0v) is 5.88. The van der Waals surface area contributed by atoms with Gasteiger partial charge < -0.3 is 4.57 Å². The molecule has 0 saturated carbocycles. The van der Waals surface area contributed by atoms with E-state index in [2.05, 4.69) is 22.2 Å². The van der Waals surface area contributed by atoms with E-state index in [-0.39, 0.29) is 0 Å². The van der Waals surface area contributed by atoms with Gasteiger partial charge in [0.15, 0.2) is 0 Å². The fourth-order valence-corrected chi connectivity index (χ4v) is 1.53. The summed E-state index contributed by atoms with van der Waals surface area (Å²) in [6.45, 7) is 1.09. The second-order valence-electron chi connectivity index (χ2n) is 2.28. The summed E-state index contributed by atoms with van der Waals surface area (Å²) in [5.74, 6) is 1.12. The predicted molar refractivity (Wildman–Crippen MR) is 38.6 cm³/mol. The molecule has 1 aromatic heterocycles. The largest absolute Gasteiger partial charge is 0.334 e. The number of aryl methyl sites for hydroxylation is 1. The van der Waals surface area contributed by atoms with Gasteiger partial charge in [-0.1, -0.05) is 0 Å². The number of rotatable bonds is 0. The first-order valence-electron chi connectivity index (χ1n) is 3.07. The van der Waals surface area contributed by atoms with Gasteiger partial charge in [0.1, 0.15) is 5.82 Å². The van der Waals surface area contributed by atoms with Crippen LogP contribution < -0.4 is 0 Å². The Morgan fingerprint density at radius 3 is 3.44 bits per heavy atom. The van der Waals surface area contributed by atoms with Crippen molar-refractivity contribution in [2.24, 2.45) is 0 Å². The molecule has 1 aliphatic heterocycles. The van der Waals surface area contributed by atoms with Gasteiger partial charge in [-0.3, -0.25) is 0 Å². The molecule has 48 valence electrons. The molecule has 1 atom stereocenters. The molecule has 0 spiro atoms. The van der Waals surface area contributed by atoms with Gasteiger partial charge in [0.25, 0.3) is 0 Å². The van der Waals surface area contributed by atoms with Crippen molar-refractivity contribution in [3.63, 3.8) is 0 Å². The Bertz CT molecular complexity index is 219. The number of nitrogens with zero attached hydrogens (tertiary/aromatic N) is 2. The van der Waals surface area contributed by atoms with Crippen LogP contribution in [0.1, 0.15) is 17.5 Å². The molecule has 0 saturated heterocycles. The lowest BCUT2D eigenvalue weighted by Gasteiger charge is -1.93. The van der Waals surface area contributed by atoms with Crippen molar-refractivity contribution in [2.45, 2.75) is 18.2 Å². The molecule has 3 heteroatoms. The summed E-state index contributed by atoms with van der Waals surface area (Å²) in [6, 6.07) is 0. The van der Waals surface area contributed by atoms with Gasteiger partial charge in [0.2, 0.25) is 0 Å². The van der Waals surface area contributed by atoms with Crippen LogP contribution in [0.5, 0.6) is 0 Å². The Kier molecular flexibility index (Phi) is 1.05. The van der Waals surface area contributed by atoms with E-state index in [1.54, 1.807) is 0 Å². The molecule has 2 heterocycles. The van der Waals surface area contributed by atoms with Crippen molar-refractivity contribution in [1.82, 2.24) is 9.55 Å². The van der Waals surface area contributed by atoms with E-state index in [4.69, 9.17) is 0 Å². The third-order valence-electron chi connectivity index (χ3n) is 1.69. The lowest BCUT2D eigenvalue weighted by Crippen LogP contribution is -1.88. The maximum Gasteiger partial charge on any atom is 0.121 e. The molecule has 2 nitrogen and oxygen atoms in total. The number of thiol groups is 1. The molecular weight excluding hydrogens is 132 g/mol. The fourth-order valence-electron chi connectivity index (χ4n) is 1.20. The maximum absolute atomic E-state index is 4.35. The number of fused-ring (bicyclic) bond motifs is 1. The standard InChI is InChI=1S/C6H8N2S/c9-5-1-3-8-4-2-7-6(5)8/h2,4-5,9H,1,3H2. The Morgan fingerprint density at radius 2 is 2.67 bits per heavy atom. The zero-order valence-electron chi connectivity index (χ0n) is 4.99. The molecule has 0 aliphatic carbocycles. The lowest BCUT2D eigenvalue weighted by atomic mass is 10.3. The Labute approximate surface area is 59.3 Å². The van der Waals surface area contributed by atoms with Gasteiger partial charge in [-0.15, -0.1) is 0 Å². The summed E-state index contributed by atoms with van der Waals surface area (Å²) in [5.41, 5.74) is 0. The average Bonchev–Trinajstić information content (AvgIpc) is 2.35. The molecule has 2 rings (SSSR count). The topological polar surface area (TPSA) is 17.8 Å². The molecule has 0 radical (unpaired) electrons. The Hall–Kier alpha value is -0.440. The van der Waals surface area contributed by atoms with Crippen LogP contribution >= 0.6 is 12.6 Å². The van der Waals surface area contributed by atoms with Gasteiger partial charge in [0, 0.05) is 18.9 Å². The summed E-state index contributed by atoms with van der Waals surface area (Å²) in [5, 5.41) is 0.375. The summed E-state index contributed by atoms with van der Waals surface area (Å²) in [6.07, 6.45) is 4.97. The minimum absolute atomic E-state index is 0.375. The summed E-state index contributed by atoms with van der Waals surface area (Å²) in [4.78, 5) is 4.16. The maximum atomic E-state index is 4.35. The molecule has 0 fully saturated rings. The SMILES string of the molecule is SC1CCn2ccnc21. The van der Waals surface area contributed by atoms with E-state index in [1.165, 1.54) is 0 Å². The smallest absolute Gasteiger partial charge is 0.121 e. The fraction of sp³-hybridized carbons (Fsp3) is 0.500. The molecule has 0 bridgehead atoms. The molecule has 9 heavy (non-hydrogen) atoms. The van der Waals surface area contributed by atoms with Gasteiger partial charge in [-0.05, 0) is 6.42 Å². The average molecular weight is 140 g/mol. The van der Waals surface area contributed by atoms with Crippen LogP contribution in [0.3, 0.4) is 0 Å². The van der Waals surface area contributed by atoms with E-state index < -0.39 is 0 Å². The second kappa shape index (κ2) is 1.77. The van der Waals surface area contributed by atoms with Gasteiger partial charge >= 0.3 is 0 Å². The van der Waals surface area contributed by atoms with Crippen molar-refractivity contribution >= 4 is 12.6 Å². The molecular formula is C6H8N2S. The highest BCUT2D eigenvalue weighted by molar-refractivity contribution is 7.80. The quantitative estimate of drug-likeness (QED) is 0.537. The van der Waals surface area contributed by atoms with Crippen molar-refractivity contribution in [1.29, 1.82) is 0 Å². The van der Waals surface area contributed by atoms with Gasteiger partial charge in [0.05, 0.1) is 5.25 Å². The summed E-state index contributed by atoms with van der Waals surface area (Å²) in [7, 11) is 0. The number of aromatic nitrogens is 2. The van der Waals surface area contributed by atoms with E-state index in [0.717, 1.165) is 18.8 Å². The minimum Gasteiger partial charge on any atom is -0.334 e. The zero-order chi connectivity index (χ0) is 6.27. The molecule has 1 aromatic rings. The normalized spacial score (nSPS) is 24.3. The molecule has 1 unspecified atom stereocenters. The molecule has 0 N–H and O–H groups in total. The van der Waals surface area contributed by atoms with Crippen LogP contribution in [0.2, 0.25) is 0 Å². The second-order valence-corrected chi connectivity index (χ2v) is 2.91. The molecule has 1 aliphatic rings.